The molecule has 3 aromatic rings. The van der Waals surface area contributed by atoms with E-state index in [4.69, 9.17) is 9.47 Å². The fraction of sp³-hybridized carbons (Fsp3) is 0.167. The van der Waals surface area contributed by atoms with Crippen molar-refractivity contribution in [1.29, 1.82) is 0 Å². The lowest BCUT2D eigenvalue weighted by Gasteiger charge is -2.11. The minimum absolute atomic E-state index is 0.0152. The van der Waals surface area contributed by atoms with Gasteiger partial charge < -0.3 is 14.7 Å². The van der Waals surface area contributed by atoms with Gasteiger partial charge in [-0.3, -0.25) is 0 Å². The van der Waals surface area contributed by atoms with Crippen LogP contribution >= 0.6 is 0 Å². The molecule has 26 heavy (non-hydrogen) atoms. The van der Waals surface area contributed by atoms with E-state index >= 15 is 0 Å². The fourth-order valence-corrected chi connectivity index (χ4v) is 2.36. The molecule has 0 fully saturated rings. The summed E-state index contributed by atoms with van der Waals surface area (Å²) in [6.45, 7) is 1.36. The molecule has 0 saturated carbocycles. The first kappa shape index (κ1) is 17.3. The topological polar surface area (TPSA) is 105 Å². The molecule has 1 aromatic carbocycles. The lowest BCUT2D eigenvalue weighted by molar-refractivity contribution is -0.581. The highest BCUT2D eigenvalue weighted by Gasteiger charge is 2.28. The largest absolute Gasteiger partial charge is 0.618 e. The number of hydrogen-bond acceptors (Lipinski definition) is 7. The van der Waals surface area contributed by atoms with E-state index in [0.29, 0.717) is 10.2 Å². The number of pyridine rings is 1. The second-order valence-corrected chi connectivity index (χ2v) is 5.20. The highest BCUT2D eigenvalue weighted by atomic mass is 16.5. The van der Waals surface area contributed by atoms with Crippen molar-refractivity contribution in [3.8, 4) is 0 Å². The van der Waals surface area contributed by atoms with Gasteiger partial charge in [0.2, 0.25) is 5.52 Å². The van der Waals surface area contributed by atoms with Gasteiger partial charge in [-0.25, -0.2) is 19.6 Å². The number of carbonyl (C=O) groups is 2. The summed E-state index contributed by atoms with van der Waals surface area (Å²) < 4.78 is 10.5. The van der Waals surface area contributed by atoms with Gasteiger partial charge in [0.1, 0.15) is 17.8 Å². The Morgan fingerprint density at radius 3 is 2.58 bits per heavy atom. The first-order valence-electron chi connectivity index (χ1n) is 7.88. The first-order valence-corrected chi connectivity index (χ1v) is 7.88. The highest BCUT2D eigenvalue weighted by molar-refractivity contribution is 5.89. The molecule has 3 rings (SSSR count). The van der Waals surface area contributed by atoms with Crippen LogP contribution in [0.15, 0.2) is 48.7 Å². The van der Waals surface area contributed by atoms with Crippen molar-refractivity contribution >= 4 is 23.0 Å². The molecule has 132 valence electrons. The molecule has 8 heteroatoms. The van der Waals surface area contributed by atoms with Gasteiger partial charge in [-0.05, 0) is 25.1 Å². The molecule has 0 aliphatic rings. The number of aromatic nitrogens is 3. The van der Waals surface area contributed by atoms with Crippen LogP contribution in [0.5, 0.6) is 0 Å². The number of para-hydroxylation sites is 2. The molecule has 0 amide bonds. The molecule has 8 nitrogen and oxygen atoms in total. The van der Waals surface area contributed by atoms with Gasteiger partial charge >= 0.3 is 17.6 Å². The summed E-state index contributed by atoms with van der Waals surface area (Å²) in [5.74, 6) is -1.52. The van der Waals surface area contributed by atoms with Crippen LogP contribution < -0.4 is 4.73 Å². The van der Waals surface area contributed by atoms with Crippen molar-refractivity contribution in [3.63, 3.8) is 0 Å². The minimum atomic E-state index is -0.829. The fourth-order valence-electron chi connectivity index (χ4n) is 2.36. The van der Waals surface area contributed by atoms with Crippen LogP contribution in [-0.2, 0) is 16.1 Å². The quantitative estimate of drug-likeness (QED) is 0.391. The van der Waals surface area contributed by atoms with Gasteiger partial charge in [0, 0.05) is 12.3 Å². The molecular weight excluding hydrogens is 338 g/mol. The summed E-state index contributed by atoms with van der Waals surface area (Å²) in [5.41, 5.74) is 0.413. The normalized spacial score (nSPS) is 10.5. The molecule has 0 radical (unpaired) electrons. The number of carbonyl (C=O) groups excluding carboxylic acids is 2. The molecule has 2 heterocycles. The standard InChI is InChI=1S/C18H15N3O5/c1-2-25-18(23)16-14(11-26-17(22)13-8-5-6-10-19-13)20-12-7-3-4-9-15(12)21(16)24/h3-10H,2,11H2,1H3. The second-order valence-electron chi connectivity index (χ2n) is 5.20. The van der Waals surface area contributed by atoms with Crippen molar-refractivity contribution in [2.75, 3.05) is 6.61 Å². The SMILES string of the molecule is CCOC(=O)c1c(COC(=O)c2ccccn2)nc2ccccc2[n+]1[O-]. The zero-order chi connectivity index (χ0) is 18.5. The maximum Gasteiger partial charge on any atom is 0.407 e. The Hall–Kier alpha value is -3.55. The van der Waals surface area contributed by atoms with E-state index in [2.05, 4.69) is 9.97 Å². The monoisotopic (exact) mass is 353 g/mol. The average molecular weight is 353 g/mol. The van der Waals surface area contributed by atoms with Gasteiger partial charge in [0.25, 0.3) is 0 Å². The highest BCUT2D eigenvalue weighted by Crippen LogP contribution is 2.14. The van der Waals surface area contributed by atoms with Crippen molar-refractivity contribution < 1.29 is 23.8 Å². The number of rotatable bonds is 5. The van der Waals surface area contributed by atoms with Gasteiger partial charge in [0.15, 0.2) is 5.69 Å². The van der Waals surface area contributed by atoms with Crippen LogP contribution in [-0.4, -0.2) is 28.5 Å². The van der Waals surface area contributed by atoms with Crippen molar-refractivity contribution in [1.82, 2.24) is 9.97 Å². The Kier molecular flexibility index (Phi) is 5.02. The second kappa shape index (κ2) is 7.56. The first-order chi connectivity index (χ1) is 12.6. The van der Waals surface area contributed by atoms with E-state index in [1.807, 2.05) is 0 Å². The Morgan fingerprint density at radius 2 is 1.85 bits per heavy atom. The Morgan fingerprint density at radius 1 is 1.08 bits per heavy atom. The summed E-state index contributed by atoms with van der Waals surface area (Å²) in [4.78, 5) is 32.4. The number of ether oxygens (including phenoxy) is 2. The number of esters is 2. The van der Waals surface area contributed by atoms with E-state index in [1.54, 1.807) is 43.3 Å². The maximum atomic E-state index is 12.6. The summed E-state index contributed by atoms with van der Waals surface area (Å²) >= 11 is 0. The summed E-state index contributed by atoms with van der Waals surface area (Å²) in [7, 11) is 0. The Balaban J connectivity index is 1.96. The molecule has 0 bridgehead atoms. The third-order valence-electron chi connectivity index (χ3n) is 3.52. The van der Waals surface area contributed by atoms with Crippen LogP contribution in [0, 0.1) is 5.21 Å². The maximum absolute atomic E-state index is 12.6. The van der Waals surface area contributed by atoms with Crippen molar-refractivity contribution in [2.24, 2.45) is 0 Å². The van der Waals surface area contributed by atoms with Gasteiger partial charge in [0.05, 0.1) is 6.61 Å². The van der Waals surface area contributed by atoms with E-state index in [1.165, 1.54) is 12.3 Å². The Bertz CT molecular complexity index is 960. The number of hydrogen-bond donors (Lipinski definition) is 0. The van der Waals surface area contributed by atoms with Crippen LogP contribution in [0.2, 0.25) is 0 Å². The van der Waals surface area contributed by atoms with E-state index in [-0.39, 0.29) is 35.8 Å². The molecule has 0 spiro atoms. The van der Waals surface area contributed by atoms with Gasteiger partial charge in [-0.1, -0.05) is 18.2 Å². The molecular formula is C18H15N3O5. The zero-order valence-electron chi connectivity index (χ0n) is 13.9. The summed E-state index contributed by atoms with van der Waals surface area (Å²) in [5, 5.41) is 12.6. The average Bonchev–Trinajstić information content (AvgIpc) is 2.67. The van der Waals surface area contributed by atoms with Gasteiger partial charge in [-0.15, -0.1) is 0 Å². The molecule has 0 aliphatic heterocycles. The molecule has 0 aliphatic carbocycles. The van der Waals surface area contributed by atoms with Crippen molar-refractivity contribution in [2.45, 2.75) is 13.5 Å². The molecule has 0 saturated heterocycles. The predicted octanol–water partition coefficient (Wildman–Crippen LogP) is 1.80. The number of nitrogens with zero attached hydrogens (tertiary/aromatic N) is 3. The third kappa shape index (κ3) is 3.44. The molecule has 0 N–H and O–H groups in total. The lowest BCUT2D eigenvalue weighted by atomic mass is 10.2. The lowest BCUT2D eigenvalue weighted by Crippen LogP contribution is -2.39. The summed E-state index contributed by atoms with van der Waals surface area (Å²) in [6, 6.07) is 11.4. The van der Waals surface area contributed by atoms with Crippen LogP contribution in [0.25, 0.3) is 11.0 Å². The van der Waals surface area contributed by atoms with Gasteiger partial charge in [-0.2, -0.15) is 4.73 Å². The Labute approximate surface area is 148 Å². The number of benzene rings is 1. The summed E-state index contributed by atoms with van der Waals surface area (Å²) in [6.07, 6.45) is 1.46. The molecule has 2 aromatic heterocycles. The van der Waals surface area contributed by atoms with E-state index in [9.17, 15) is 14.8 Å². The van der Waals surface area contributed by atoms with Crippen LogP contribution in [0.1, 0.15) is 33.6 Å². The minimum Gasteiger partial charge on any atom is -0.618 e. The van der Waals surface area contributed by atoms with E-state index < -0.39 is 11.9 Å². The zero-order valence-corrected chi connectivity index (χ0v) is 13.9. The van der Waals surface area contributed by atoms with Crippen LogP contribution in [0.4, 0.5) is 0 Å². The predicted molar refractivity (Wildman–Crippen MR) is 90.0 cm³/mol. The number of fused-ring (bicyclic) bond motifs is 1. The van der Waals surface area contributed by atoms with Crippen molar-refractivity contribution in [3.05, 3.63) is 71.0 Å². The van der Waals surface area contributed by atoms with E-state index in [0.717, 1.165) is 0 Å². The smallest absolute Gasteiger partial charge is 0.407 e. The molecule has 0 unspecified atom stereocenters. The third-order valence-corrected chi connectivity index (χ3v) is 3.52. The molecule has 0 atom stereocenters. The van der Waals surface area contributed by atoms with Crippen LogP contribution in [0.3, 0.4) is 0 Å².